The lowest BCUT2D eigenvalue weighted by molar-refractivity contribution is 0.0584. The summed E-state index contributed by atoms with van der Waals surface area (Å²) in [6, 6.07) is 0. The summed E-state index contributed by atoms with van der Waals surface area (Å²) in [5, 5.41) is 16.2. The van der Waals surface area contributed by atoms with Gasteiger partial charge in [0.2, 0.25) is 0 Å². The van der Waals surface area contributed by atoms with Gasteiger partial charge >= 0.3 is 17.9 Å². The standard InChI is InChI=1S/C7H8N2O2.C6H5ClN2O2.C6H6N2O2.C2H6O.CH4/c1-5-3-9-6(4-8-5)7(10)11-2;1-11-6(10)4-2-9-5(7)3-8-4;1-4-2-8-5(3-7-4)6(9)10;1-2-3;/h3-4H,1-2H3;2-3H,1H3;2-3H,1H3,(H,9,10);3H,2H2,1H3;1H4. The maximum atomic E-state index is 10.8. The highest BCUT2D eigenvalue weighted by Crippen LogP contribution is 2.01. The van der Waals surface area contributed by atoms with Crippen molar-refractivity contribution in [2.45, 2.75) is 28.2 Å². The first-order valence-electron chi connectivity index (χ1n) is 9.65. The molecule has 0 atom stereocenters. The molecule has 0 unspecified atom stereocenters. The van der Waals surface area contributed by atoms with Crippen LogP contribution in [0.2, 0.25) is 5.15 Å². The number of aliphatic hydroxyl groups is 1. The summed E-state index contributed by atoms with van der Waals surface area (Å²) < 4.78 is 8.83. The molecule has 0 aliphatic heterocycles. The molecule has 13 nitrogen and oxygen atoms in total. The predicted molar refractivity (Wildman–Crippen MR) is 130 cm³/mol. The maximum Gasteiger partial charge on any atom is 0.358 e. The summed E-state index contributed by atoms with van der Waals surface area (Å²) >= 11 is 5.43. The van der Waals surface area contributed by atoms with Gasteiger partial charge in [0.15, 0.2) is 17.1 Å². The molecule has 0 saturated heterocycles. The Bertz CT molecular complexity index is 992. The number of ether oxygens (including phenoxy) is 2. The molecular weight excluding hydrogens is 496 g/mol. The van der Waals surface area contributed by atoms with Gasteiger partial charge in [-0.15, -0.1) is 0 Å². The minimum Gasteiger partial charge on any atom is -0.476 e. The highest BCUT2D eigenvalue weighted by molar-refractivity contribution is 6.29. The third-order valence-corrected chi connectivity index (χ3v) is 3.39. The topological polar surface area (TPSA) is 187 Å². The molecular formula is C22H29ClN6O7. The molecule has 0 amide bonds. The molecule has 0 aliphatic carbocycles. The van der Waals surface area contributed by atoms with Crippen molar-refractivity contribution >= 4 is 29.5 Å². The SMILES string of the molecule is C.CCO.COC(=O)c1cnc(C)cn1.COC(=O)c1cnc(Cl)cn1.Cc1cnc(C(=O)O)cn1. The highest BCUT2D eigenvalue weighted by Gasteiger charge is 2.06. The fourth-order valence-corrected chi connectivity index (χ4v) is 1.73. The second-order valence-electron chi connectivity index (χ2n) is 5.91. The number of esters is 2. The van der Waals surface area contributed by atoms with Crippen molar-refractivity contribution in [2.24, 2.45) is 0 Å². The molecule has 0 spiro atoms. The van der Waals surface area contributed by atoms with Crippen LogP contribution in [-0.4, -0.2) is 78.9 Å². The lowest BCUT2D eigenvalue weighted by atomic mass is 10.4. The molecule has 3 heterocycles. The van der Waals surface area contributed by atoms with E-state index in [2.05, 4.69) is 39.4 Å². The van der Waals surface area contributed by atoms with Gasteiger partial charge in [-0.25, -0.2) is 34.3 Å². The zero-order valence-corrected chi connectivity index (χ0v) is 20.4. The van der Waals surface area contributed by atoms with Crippen molar-refractivity contribution in [3.63, 3.8) is 0 Å². The van der Waals surface area contributed by atoms with E-state index in [4.69, 9.17) is 21.8 Å². The summed E-state index contributed by atoms with van der Waals surface area (Å²) in [6.45, 7) is 5.48. The average molecular weight is 525 g/mol. The number of carboxylic acid groups (broad SMARTS) is 1. The summed E-state index contributed by atoms with van der Waals surface area (Å²) in [7, 11) is 2.59. The number of hydrogen-bond acceptors (Lipinski definition) is 12. The van der Waals surface area contributed by atoms with Gasteiger partial charge in [-0.2, -0.15) is 0 Å². The summed E-state index contributed by atoms with van der Waals surface area (Å²) in [4.78, 5) is 54.2. The number of methoxy groups -OCH3 is 2. The molecule has 0 saturated carbocycles. The molecule has 0 aliphatic rings. The monoisotopic (exact) mass is 524 g/mol. The minimum atomic E-state index is -1.05. The summed E-state index contributed by atoms with van der Waals surface area (Å²) in [5.74, 6) is -2.03. The third kappa shape index (κ3) is 14.2. The Balaban J connectivity index is 0. The Morgan fingerprint density at radius 1 is 0.750 bits per heavy atom. The molecule has 196 valence electrons. The van der Waals surface area contributed by atoms with Gasteiger partial charge in [-0.05, 0) is 20.8 Å². The van der Waals surface area contributed by atoms with Crippen LogP contribution >= 0.6 is 11.6 Å². The number of aryl methyl sites for hydroxylation is 2. The third-order valence-electron chi connectivity index (χ3n) is 3.19. The van der Waals surface area contributed by atoms with E-state index in [1.807, 2.05) is 0 Å². The van der Waals surface area contributed by atoms with Crippen molar-refractivity contribution in [1.29, 1.82) is 0 Å². The molecule has 0 aromatic carbocycles. The van der Waals surface area contributed by atoms with Crippen LogP contribution in [0.15, 0.2) is 37.2 Å². The molecule has 0 bridgehead atoms. The van der Waals surface area contributed by atoms with Gasteiger partial charge in [0.25, 0.3) is 0 Å². The van der Waals surface area contributed by atoms with E-state index >= 15 is 0 Å². The Morgan fingerprint density at radius 2 is 1.11 bits per heavy atom. The quantitative estimate of drug-likeness (QED) is 0.476. The average Bonchev–Trinajstić information content (AvgIpc) is 2.85. The molecule has 14 heteroatoms. The number of aromatic carboxylic acids is 1. The number of aromatic nitrogens is 6. The van der Waals surface area contributed by atoms with E-state index in [-0.39, 0.29) is 36.3 Å². The molecule has 3 aromatic heterocycles. The first kappa shape index (κ1) is 34.1. The van der Waals surface area contributed by atoms with Gasteiger partial charge in [-0.3, -0.25) is 9.97 Å². The van der Waals surface area contributed by atoms with Crippen molar-refractivity contribution in [2.75, 3.05) is 20.8 Å². The lowest BCUT2D eigenvalue weighted by Gasteiger charge is -1.96. The zero-order chi connectivity index (χ0) is 26.8. The van der Waals surface area contributed by atoms with Crippen molar-refractivity contribution in [3.05, 3.63) is 70.8 Å². The lowest BCUT2D eigenvalue weighted by Crippen LogP contribution is -2.04. The normalized spacial score (nSPS) is 8.75. The zero-order valence-electron chi connectivity index (χ0n) is 19.7. The van der Waals surface area contributed by atoms with Crippen LogP contribution in [0.1, 0.15) is 57.2 Å². The first-order valence-corrected chi connectivity index (χ1v) is 10.0. The van der Waals surface area contributed by atoms with Crippen molar-refractivity contribution < 1.29 is 34.1 Å². The van der Waals surface area contributed by atoms with E-state index in [9.17, 15) is 14.4 Å². The van der Waals surface area contributed by atoms with E-state index in [0.29, 0.717) is 5.69 Å². The van der Waals surface area contributed by atoms with Gasteiger partial charge in [-0.1, -0.05) is 19.0 Å². The number of carbonyl (C=O) groups is 3. The van der Waals surface area contributed by atoms with E-state index in [1.165, 1.54) is 51.4 Å². The van der Waals surface area contributed by atoms with Gasteiger partial charge in [0.05, 0.1) is 50.4 Å². The summed E-state index contributed by atoms with van der Waals surface area (Å²) in [5.41, 5.74) is 1.85. The highest BCUT2D eigenvalue weighted by atomic mass is 35.5. The number of rotatable bonds is 3. The van der Waals surface area contributed by atoms with Crippen LogP contribution in [0.4, 0.5) is 0 Å². The van der Waals surface area contributed by atoms with Crippen LogP contribution in [0.3, 0.4) is 0 Å². The second kappa shape index (κ2) is 19.2. The molecule has 2 N–H and O–H groups in total. The van der Waals surface area contributed by atoms with Crippen molar-refractivity contribution in [3.8, 4) is 0 Å². The Hall–Kier alpha value is -4.10. The van der Waals surface area contributed by atoms with Gasteiger partial charge in [0.1, 0.15) is 5.15 Å². The number of aliphatic hydroxyl groups excluding tert-OH is 1. The van der Waals surface area contributed by atoms with E-state index in [1.54, 1.807) is 20.8 Å². The Morgan fingerprint density at radius 3 is 1.39 bits per heavy atom. The van der Waals surface area contributed by atoms with Gasteiger partial charge in [0, 0.05) is 19.0 Å². The molecule has 0 radical (unpaired) electrons. The van der Waals surface area contributed by atoms with Crippen LogP contribution in [0, 0.1) is 13.8 Å². The number of carbonyl (C=O) groups excluding carboxylic acids is 2. The van der Waals surface area contributed by atoms with Crippen LogP contribution in [0.5, 0.6) is 0 Å². The molecule has 3 rings (SSSR count). The largest absolute Gasteiger partial charge is 0.476 e. The molecule has 0 fully saturated rings. The van der Waals surface area contributed by atoms with Crippen LogP contribution in [0.25, 0.3) is 0 Å². The second-order valence-corrected chi connectivity index (χ2v) is 6.30. The molecule has 36 heavy (non-hydrogen) atoms. The number of hydrogen-bond donors (Lipinski definition) is 2. The first-order chi connectivity index (χ1) is 16.6. The fraction of sp³-hybridized carbons (Fsp3) is 0.318. The van der Waals surface area contributed by atoms with E-state index in [0.717, 1.165) is 5.69 Å². The predicted octanol–water partition coefficient (Wildman–Crippen LogP) is 2.61. The number of halogens is 1. The smallest absolute Gasteiger partial charge is 0.358 e. The summed E-state index contributed by atoms with van der Waals surface area (Å²) in [6.07, 6.45) is 8.11. The van der Waals surface area contributed by atoms with Gasteiger partial charge < -0.3 is 19.7 Å². The van der Waals surface area contributed by atoms with Crippen LogP contribution < -0.4 is 0 Å². The number of carboxylic acids is 1. The Labute approximate surface area is 213 Å². The van der Waals surface area contributed by atoms with Crippen molar-refractivity contribution in [1.82, 2.24) is 29.9 Å². The maximum absolute atomic E-state index is 10.8. The fourth-order valence-electron chi connectivity index (χ4n) is 1.63. The Kier molecular flexibility index (Phi) is 18.2. The molecule has 3 aromatic rings. The van der Waals surface area contributed by atoms with Crippen LogP contribution in [-0.2, 0) is 9.47 Å². The van der Waals surface area contributed by atoms with E-state index < -0.39 is 17.9 Å². The minimum absolute atomic E-state index is 0. The number of nitrogens with zero attached hydrogens (tertiary/aromatic N) is 6.